The Balaban J connectivity index is 1.62. The van der Waals surface area contributed by atoms with E-state index in [1.54, 1.807) is 24.3 Å². The molecule has 0 N–H and O–H groups in total. The van der Waals surface area contributed by atoms with Gasteiger partial charge in [-0.1, -0.05) is 28.9 Å². The number of nitrogens with zero attached hydrogens (tertiary/aromatic N) is 3. The molecule has 138 valence electrons. The van der Waals surface area contributed by atoms with Crippen molar-refractivity contribution in [2.45, 2.75) is 25.4 Å². The molecule has 1 aromatic heterocycles. The average Bonchev–Trinajstić information content (AvgIpc) is 3.26. The molecule has 1 amide bonds. The topological polar surface area (TPSA) is 59.2 Å². The van der Waals surface area contributed by atoms with Gasteiger partial charge in [-0.3, -0.25) is 4.79 Å². The molecule has 4 rings (SSSR count). The summed E-state index contributed by atoms with van der Waals surface area (Å²) in [6.45, 7) is -0.0725. The van der Waals surface area contributed by atoms with Gasteiger partial charge in [0.2, 0.25) is 17.6 Å². The summed E-state index contributed by atoms with van der Waals surface area (Å²) in [5.74, 6) is -0.758. The van der Waals surface area contributed by atoms with Crippen LogP contribution in [0.5, 0.6) is 0 Å². The smallest absolute Gasteiger partial charge is 0.249 e. The fourth-order valence-corrected chi connectivity index (χ4v) is 3.38. The Bertz CT molecular complexity index is 1010. The van der Waals surface area contributed by atoms with Crippen molar-refractivity contribution >= 4 is 17.5 Å². The van der Waals surface area contributed by atoms with Crippen molar-refractivity contribution in [3.8, 4) is 11.4 Å². The minimum Gasteiger partial charge on any atom is -0.337 e. The summed E-state index contributed by atoms with van der Waals surface area (Å²) in [5, 5.41) is 4.43. The molecule has 27 heavy (non-hydrogen) atoms. The molecule has 0 radical (unpaired) electrons. The lowest BCUT2D eigenvalue weighted by Crippen LogP contribution is -2.27. The van der Waals surface area contributed by atoms with E-state index in [0.717, 1.165) is 18.2 Å². The van der Waals surface area contributed by atoms with E-state index in [-0.39, 0.29) is 30.3 Å². The molecule has 8 heteroatoms. The number of carbonyl (C=O) groups is 1. The molecule has 3 aromatic rings. The second-order valence-corrected chi connectivity index (χ2v) is 6.66. The quantitative estimate of drug-likeness (QED) is 0.657. The van der Waals surface area contributed by atoms with Gasteiger partial charge in [-0.2, -0.15) is 4.98 Å². The lowest BCUT2D eigenvalue weighted by molar-refractivity contribution is -0.130. The highest BCUT2D eigenvalue weighted by Crippen LogP contribution is 2.35. The normalized spacial score (nSPS) is 16.9. The standard InChI is InChI=1S/C19H14ClF2N3O2/c20-14-4-2-1-3-13(14)18-23-19(27-24-18)16-7-8-17(26)25(16)10-11-9-12(21)5-6-15(11)22/h1-6,9,16H,7-8,10H2. The first-order chi connectivity index (χ1) is 13.0. The molecule has 1 fully saturated rings. The fraction of sp³-hybridized carbons (Fsp3) is 0.211. The molecule has 0 spiro atoms. The van der Waals surface area contributed by atoms with E-state index in [4.69, 9.17) is 16.1 Å². The van der Waals surface area contributed by atoms with Crippen molar-refractivity contribution in [1.82, 2.24) is 15.0 Å². The van der Waals surface area contributed by atoms with Crippen LogP contribution in [0.2, 0.25) is 5.02 Å². The number of hydrogen-bond donors (Lipinski definition) is 0. The van der Waals surface area contributed by atoms with Crippen LogP contribution in [0.3, 0.4) is 0 Å². The maximum absolute atomic E-state index is 14.0. The van der Waals surface area contributed by atoms with Gasteiger partial charge < -0.3 is 9.42 Å². The molecule has 0 bridgehead atoms. The van der Waals surface area contributed by atoms with Crippen LogP contribution in [0.1, 0.15) is 30.3 Å². The Hall–Kier alpha value is -2.80. The number of benzene rings is 2. The minimum absolute atomic E-state index is 0.0725. The maximum Gasteiger partial charge on any atom is 0.249 e. The maximum atomic E-state index is 14.0. The molecule has 5 nitrogen and oxygen atoms in total. The number of aromatic nitrogens is 2. The predicted molar refractivity (Wildman–Crippen MR) is 93.6 cm³/mol. The highest BCUT2D eigenvalue weighted by molar-refractivity contribution is 6.33. The number of rotatable bonds is 4. The van der Waals surface area contributed by atoms with E-state index in [2.05, 4.69) is 10.1 Å². The first kappa shape index (κ1) is 17.6. The average molecular weight is 390 g/mol. The third-order valence-corrected chi connectivity index (χ3v) is 4.85. The zero-order chi connectivity index (χ0) is 19.0. The molecular formula is C19H14ClF2N3O2. The third-order valence-electron chi connectivity index (χ3n) is 4.52. The highest BCUT2D eigenvalue weighted by Gasteiger charge is 2.36. The van der Waals surface area contributed by atoms with Crippen LogP contribution in [0.25, 0.3) is 11.4 Å². The van der Waals surface area contributed by atoms with E-state index in [1.165, 1.54) is 4.90 Å². The molecule has 0 aliphatic carbocycles. The van der Waals surface area contributed by atoms with Gasteiger partial charge in [0.15, 0.2) is 0 Å². The van der Waals surface area contributed by atoms with Gasteiger partial charge >= 0.3 is 0 Å². The fourth-order valence-electron chi connectivity index (χ4n) is 3.16. The largest absolute Gasteiger partial charge is 0.337 e. The van der Waals surface area contributed by atoms with Crippen LogP contribution in [0, 0.1) is 11.6 Å². The number of halogens is 3. The predicted octanol–water partition coefficient (Wildman–Crippen LogP) is 4.53. The molecule has 1 aliphatic rings. The van der Waals surface area contributed by atoms with Crippen molar-refractivity contribution in [2.75, 3.05) is 0 Å². The summed E-state index contributed by atoms with van der Waals surface area (Å²) in [5.41, 5.74) is 0.710. The van der Waals surface area contributed by atoms with Crippen LogP contribution >= 0.6 is 11.6 Å². The Morgan fingerprint density at radius 2 is 2.04 bits per heavy atom. The van der Waals surface area contributed by atoms with E-state index < -0.39 is 17.7 Å². The molecule has 1 unspecified atom stereocenters. The minimum atomic E-state index is -0.572. The van der Waals surface area contributed by atoms with Crippen molar-refractivity contribution in [3.63, 3.8) is 0 Å². The zero-order valence-electron chi connectivity index (χ0n) is 14.0. The molecule has 2 aromatic carbocycles. The first-order valence-electron chi connectivity index (χ1n) is 8.35. The van der Waals surface area contributed by atoms with Crippen molar-refractivity contribution < 1.29 is 18.1 Å². The Morgan fingerprint density at radius 3 is 2.85 bits per heavy atom. The van der Waals surface area contributed by atoms with Gasteiger partial charge in [-0.25, -0.2) is 8.78 Å². The summed E-state index contributed by atoms with van der Waals surface area (Å²) >= 11 is 6.16. The number of carbonyl (C=O) groups excluding carboxylic acids is 1. The summed E-state index contributed by atoms with van der Waals surface area (Å²) in [4.78, 5) is 18.1. The molecule has 1 saturated heterocycles. The van der Waals surface area contributed by atoms with Crippen molar-refractivity contribution in [2.24, 2.45) is 0 Å². The summed E-state index contributed by atoms with van der Waals surface area (Å²) in [6.07, 6.45) is 0.728. The molecule has 1 atom stereocenters. The van der Waals surface area contributed by atoms with Crippen LogP contribution in [0.15, 0.2) is 47.0 Å². The Labute approximate surface area is 158 Å². The van der Waals surface area contributed by atoms with E-state index in [0.29, 0.717) is 22.8 Å². The highest BCUT2D eigenvalue weighted by atomic mass is 35.5. The number of likely N-dealkylation sites (tertiary alicyclic amines) is 1. The molecule has 2 heterocycles. The zero-order valence-corrected chi connectivity index (χ0v) is 14.8. The summed E-state index contributed by atoms with van der Waals surface area (Å²) < 4.78 is 32.8. The van der Waals surface area contributed by atoms with Crippen molar-refractivity contribution in [3.05, 3.63) is 70.6 Å². The number of hydrogen-bond acceptors (Lipinski definition) is 4. The van der Waals surface area contributed by atoms with Gasteiger partial charge in [0.1, 0.15) is 17.7 Å². The van der Waals surface area contributed by atoms with Gasteiger partial charge in [0.25, 0.3) is 0 Å². The lowest BCUT2D eigenvalue weighted by Gasteiger charge is -2.22. The van der Waals surface area contributed by atoms with E-state index in [1.807, 2.05) is 0 Å². The SMILES string of the molecule is O=C1CCC(c2nc(-c3ccccc3Cl)no2)N1Cc1cc(F)ccc1F. The Kier molecular flexibility index (Phi) is 4.61. The van der Waals surface area contributed by atoms with Crippen molar-refractivity contribution in [1.29, 1.82) is 0 Å². The summed E-state index contributed by atoms with van der Waals surface area (Å²) in [7, 11) is 0. The molecule has 0 saturated carbocycles. The molecular weight excluding hydrogens is 376 g/mol. The monoisotopic (exact) mass is 389 g/mol. The van der Waals surface area contributed by atoms with Crippen LogP contribution in [0.4, 0.5) is 8.78 Å². The van der Waals surface area contributed by atoms with E-state index in [9.17, 15) is 13.6 Å². The summed E-state index contributed by atoms with van der Waals surface area (Å²) in [6, 6.07) is 9.73. The van der Waals surface area contributed by atoms with Crippen LogP contribution < -0.4 is 0 Å². The van der Waals surface area contributed by atoms with Crippen LogP contribution in [-0.4, -0.2) is 20.9 Å². The second-order valence-electron chi connectivity index (χ2n) is 6.25. The Morgan fingerprint density at radius 1 is 1.22 bits per heavy atom. The van der Waals surface area contributed by atoms with E-state index >= 15 is 0 Å². The third kappa shape index (κ3) is 3.42. The molecule has 1 aliphatic heterocycles. The van der Waals surface area contributed by atoms with Crippen LogP contribution in [-0.2, 0) is 11.3 Å². The first-order valence-corrected chi connectivity index (χ1v) is 8.72. The van der Waals surface area contributed by atoms with Gasteiger partial charge in [-0.05, 0) is 36.8 Å². The second kappa shape index (κ2) is 7.08. The lowest BCUT2D eigenvalue weighted by atomic mass is 10.1. The number of amides is 1. The van der Waals surface area contributed by atoms with Gasteiger partial charge in [0.05, 0.1) is 5.02 Å². The van der Waals surface area contributed by atoms with Gasteiger partial charge in [0, 0.05) is 24.1 Å². The van der Waals surface area contributed by atoms with Gasteiger partial charge in [-0.15, -0.1) is 0 Å².